The van der Waals surface area contributed by atoms with Crippen LogP contribution in [0.4, 0.5) is 5.13 Å². The maximum Gasteiger partial charge on any atom is 0.296 e. The van der Waals surface area contributed by atoms with Crippen LogP contribution in [0.5, 0.6) is 5.75 Å². The number of rotatable bonds is 5. The van der Waals surface area contributed by atoms with Gasteiger partial charge in [-0.3, -0.25) is 14.5 Å². The SMILES string of the molecule is COc1cccc(C2C(C(=O)c3cc4ccccc4o3)=C(O)C(=O)N2c2nnc(C)s2)c1. The van der Waals surface area contributed by atoms with Crippen LogP contribution in [-0.4, -0.2) is 34.1 Å². The average molecular weight is 447 g/mol. The van der Waals surface area contributed by atoms with E-state index < -0.39 is 23.5 Å². The first-order valence-electron chi connectivity index (χ1n) is 9.72. The summed E-state index contributed by atoms with van der Waals surface area (Å²) in [6, 6.07) is 14.8. The van der Waals surface area contributed by atoms with E-state index in [4.69, 9.17) is 9.15 Å². The summed E-state index contributed by atoms with van der Waals surface area (Å²) in [7, 11) is 1.53. The van der Waals surface area contributed by atoms with Crippen LogP contribution >= 0.6 is 11.3 Å². The summed E-state index contributed by atoms with van der Waals surface area (Å²) in [6.45, 7) is 1.76. The molecule has 1 amide bonds. The Morgan fingerprint density at radius 1 is 1.16 bits per heavy atom. The maximum atomic E-state index is 13.5. The molecule has 0 saturated heterocycles. The van der Waals surface area contributed by atoms with Crippen molar-refractivity contribution in [1.82, 2.24) is 10.2 Å². The number of fused-ring (bicyclic) bond motifs is 1. The molecule has 1 aliphatic heterocycles. The van der Waals surface area contributed by atoms with E-state index in [1.54, 1.807) is 49.4 Å². The van der Waals surface area contributed by atoms with Gasteiger partial charge in [-0.05, 0) is 36.8 Å². The number of ketones is 1. The van der Waals surface area contributed by atoms with Crippen molar-refractivity contribution < 1.29 is 23.8 Å². The van der Waals surface area contributed by atoms with Gasteiger partial charge in [-0.15, -0.1) is 10.2 Å². The van der Waals surface area contributed by atoms with Crippen molar-refractivity contribution >= 4 is 39.1 Å². The second-order valence-corrected chi connectivity index (χ2v) is 8.36. The molecule has 5 rings (SSSR count). The monoisotopic (exact) mass is 447 g/mol. The number of benzene rings is 2. The number of para-hydroxylation sites is 1. The number of anilines is 1. The molecule has 9 heteroatoms. The molecule has 1 N–H and O–H groups in total. The number of hydrogen-bond donors (Lipinski definition) is 1. The molecule has 32 heavy (non-hydrogen) atoms. The fraction of sp³-hybridized carbons (Fsp3) is 0.130. The van der Waals surface area contributed by atoms with Gasteiger partial charge in [0.2, 0.25) is 10.9 Å². The Morgan fingerprint density at radius 2 is 1.97 bits per heavy atom. The summed E-state index contributed by atoms with van der Waals surface area (Å²) in [5, 5.41) is 20.5. The molecule has 2 aromatic heterocycles. The number of aliphatic hydroxyl groups is 1. The van der Waals surface area contributed by atoms with E-state index in [0.29, 0.717) is 21.9 Å². The third kappa shape index (κ3) is 3.14. The highest BCUT2D eigenvalue weighted by Gasteiger charge is 2.46. The van der Waals surface area contributed by atoms with E-state index in [1.165, 1.54) is 23.3 Å². The Bertz CT molecular complexity index is 1370. The number of ether oxygens (including phenoxy) is 1. The van der Waals surface area contributed by atoms with Crippen LogP contribution in [0.15, 0.2) is 70.3 Å². The summed E-state index contributed by atoms with van der Waals surface area (Å²) in [5.41, 5.74) is 1.03. The number of aryl methyl sites for hydroxylation is 1. The minimum atomic E-state index is -0.925. The van der Waals surface area contributed by atoms with Crippen LogP contribution in [0.25, 0.3) is 11.0 Å². The molecule has 1 aliphatic rings. The summed E-state index contributed by atoms with van der Waals surface area (Å²) in [4.78, 5) is 27.9. The molecule has 4 aromatic rings. The van der Waals surface area contributed by atoms with Gasteiger partial charge in [0.25, 0.3) is 5.91 Å². The second-order valence-electron chi connectivity index (χ2n) is 7.20. The van der Waals surface area contributed by atoms with Gasteiger partial charge < -0.3 is 14.3 Å². The third-order valence-electron chi connectivity index (χ3n) is 5.23. The van der Waals surface area contributed by atoms with Crippen LogP contribution in [0.3, 0.4) is 0 Å². The van der Waals surface area contributed by atoms with Crippen molar-refractivity contribution in [2.75, 3.05) is 12.0 Å². The van der Waals surface area contributed by atoms with E-state index in [2.05, 4.69) is 10.2 Å². The highest BCUT2D eigenvalue weighted by atomic mass is 32.1. The Balaban J connectivity index is 1.67. The van der Waals surface area contributed by atoms with Gasteiger partial charge in [0.1, 0.15) is 16.3 Å². The molecule has 1 atom stereocenters. The third-order valence-corrected chi connectivity index (χ3v) is 6.07. The smallest absolute Gasteiger partial charge is 0.296 e. The lowest BCUT2D eigenvalue weighted by molar-refractivity contribution is -0.117. The minimum absolute atomic E-state index is 0.0312. The van der Waals surface area contributed by atoms with Gasteiger partial charge in [0.15, 0.2) is 11.5 Å². The first kappa shape index (κ1) is 20.0. The molecule has 0 fully saturated rings. The predicted molar refractivity (Wildman–Crippen MR) is 118 cm³/mol. The Hall–Kier alpha value is -3.98. The number of hydrogen-bond acceptors (Lipinski definition) is 8. The molecule has 0 saturated carbocycles. The van der Waals surface area contributed by atoms with Crippen LogP contribution in [0.1, 0.15) is 27.2 Å². The van der Waals surface area contributed by atoms with Crippen molar-refractivity contribution in [2.45, 2.75) is 13.0 Å². The lowest BCUT2D eigenvalue weighted by atomic mass is 9.95. The second kappa shape index (κ2) is 7.61. The number of furan rings is 1. The quantitative estimate of drug-likeness (QED) is 0.453. The summed E-state index contributed by atoms with van der Waals surface area (Å²) in [5.74, 6) is -1.37. The summed E-state index contributed by atoms with van der Waals surface area (Å²) in [6.07, 6.45) is 0. The van der Waals surface area contributed by atoms with E-state index in [0.717, 1.165) is 5.39 Å². The summed E-state index contributed by atoms with van der Waals surface area (Å²) >= 11 is 1.19. The lowest BCUT2D eigenvalue weighted by Crippen LogP contribution is -2.31. The molecular weight excluding hydrogens is 430 g/mol. The minimum Gasteiger partial charge on any atom is -0.503 e. The first-order valence-corrected chi connectivity index (χ1v) is 10.5. The molecule has 0 spiro atoms. The number of aromatic nitrogens is 2. The number of nitrogens with zero attached hydrogens (tertiary/aromatic N) is 3. The zero-order chi connectivity index (χ0) is 22.4. The fourth-order valence-electron chi connectivity index (χ4n) is 3.77. The van der Waals surface area contributed by atoms with Crippen molar-refractivity contribution in [2.24, 2.45) is 0 Å². The van der Waals surface area contributed by atoms with Crippen LogP contribution < -0.4 is 9.64 Å². The molecular formula is C23H17N3O5S. The van der Waals surface area contributed by atoms with Crippen molar-refractivity contribution in [3.63, 3.8) is 0 Å². The van der Waals surface area contributed by atoms with Gasteiger partial charge in [0, 0.05) is 5.39 Å². The standard InChI is InChI=1S/C23H17N3O5S/c1-12-24-25-23(32-12)26-19(14-7-5-8-15(10-14)30-2)18(21(28)22(26)29)20(27)17-11-13-6-3-4-9-16(13)31-17/h3-11,19,28H,1-2H3. The van der Waals surface area contributed by atoms with Crippen molar-refractivity contribution in [1.29, 1.82) is 0 Å². The predicted octanol–water partition coefficient (Wildman–Crippen LogP) is 4.38. The molecule has 8 nitrogen and oxygen atoms in total. The van der Waals surface area contributed by atoms with Crippen molar-refractivity contribution in [3.05, 3.63) is 82.3 Å². The number of carbonyl (C=O) groups excluding carboxylic acids is 2. The number of aliphatic hydroxyl groups excluding tert-OH is 1. The topological polar surface area (TPSA) is 106 Å². The highest BCUT2D eigenvalue weighted by molar-refractivity contribution is 7.15. The first-order chi connectivity index (χ1) is 15.5. The van der Waals surface area contributed by atoms with Crippen molar-refractivity contribution in [3.8, 4) is 5.75 Å². The zero-order valence-corrected chi connectivity index (χ0v) is 17.9. The van der Waals surface area contributed by atoms with Gasteiger partial charge in [-0.25, -0.2) is 0 Å². The molecule has 160 valence electrons. The Kier molecular flexibility index (Phi) is 4.75. The largest absolute Gasteiger partial charge is 0.503 e. The molecule has 0 aliphatic carbocycles. The number of Topliss-reactive ketones (excluding diaryl/α,β-unsaturated/α-hetero) is 1. The van der Waals surface area contributed by atoms with Gasteiger partial charge in [0.05, 0.1) is 18.7 Å². The Morgan fingerprint density at radius 3 is 2.69 bits per heavy atom. The van der Waals surface area contributed by atoms with E-state index >= 15 is 0 Å². The average Bonchev–Trinajstić information content (AvgIpc) is 3.50. The zero-order valence-electron chi connectivity index (χ0n) is 17.1. The van der Waals surface area contributed by atoms with Gasteiger partial charge in [-0.2, -0.15) is 0 Å². The van der Waals surface area contributed by atoms with Crippen LogP contribution in [0.2, 0.25) is 0 Å². The normalized spacial score (nSPS) is 16.2. The maximum absolute atomic E-state index is 13.5. The molecule has 2 aromatic carbocycles. The van der Waals surface area contributed by atoms with Gasteiger partial charge >= 0.3 is 0 Å². The molecule has 1 unspecified atom stereocenters. The molecule has 0 bridgehead atoms. The number of carbonyl (C=O) groups is 2. The fourth-order valence-corrected chi connectivity index (χ4v) is 4.49. The van der Waals surface area contributed by atoms with E-state index in [9.17, 15) is 14.7 Å². The highest BCUT2D eigenvalue weighted by Crippen LogP contribution is 2.43. The Labute approximate surface area is 186 Å². The van der Waals surface area contributed by atoms with E-state index in [-0.39, 0.29) is 16.5 Å². The molecule has 0 radical (unpaired) electrons. The molecule has 3 heterocycles. The summed E-state index contributed by atoms with van der Waals surface area (Å²) < 4.78 is 11.0. The number of methoxy groups -OCH3 is 1. The van der Waals surface area contributed by atoms with Gasteiger partial charge in [-0.1, -0.05) is 41.7 Å². The number of amides is 1. The lowest BCUT2D eigenvalue weighted by Gasteiger charge is -2.24. The van der Waals surface area contributed by atoms with E-state index in [1.807, 2.05) is 12.1 Å². The van der Waals surface area contributed by atoms with Crippen LogP contribution in [0, 0.1) is 6.92 Å². The van der Waals surface area contributed by atoms with Crippen LogP contribution in [-0.2, 0) is 4.79 Å².